The molecule has 0 heterocycles. The van der Waals surface area contributed by atoms with Crippen LogP contribution in [0.4, 0.5) is 4.39 Å². The summed E-state index contributed by atoms with van der Waals surface area (Å²) in [6.07, 6.45) is 2.44. The number of hydrogen-bond donors (Lipinski definition) is 2. The molecule has 0 unspecified atom stereocenters. The average Bonchev–Trinajstić information content (AvgIpc) is 2.45. The second-order valence-electron chi connectivity index (χ2n) is 4.26. The maximum Gasteiger partial charge on any atom is 0.193 e. The highest BCUT2D eigenvalue weighted by Gasteiger charge is 2.16. The number of ether oxygens (including phenoxy) is 1. The number of phenols is 2. The minimum atomic E-state index is -0.562. The third-order valence-electron chi connectivity index (χ3n) is 2.85. The Morgan fingerprint density at radius 3 is 2.62 bits per heavy atom. The Labute approximate surface area is 120 Å². The van der Waals surface area contributed by atoms with Crippen molar-refractivity contribution >= 4 is 11.9 Å². The molecular formula is C16H13FO4. The largest absolute Gasteiger partial charge is 0.508 e. The van der Waals surface area contributed by atoms with Crippen LogP contribution in [-0.2, 0) is 0 Å². The molecular weight excluding hydrogens is 275 g/mol. The zero-order chi connectivity index (χ0) is 15.4. The van der Waals surface area contributed by atoms with Gasteiger partial charge in [0.15, 0.2) is 5.78 Å². The van der Waals surface area contributed by atoms with Gasteiger partial charge in [0.05, 0.1) is 7.11 Å². The van der Waals surface area contributed by atoms with Gasteiger partial charge in [-0.1, -0.05) is 18.2 Å². The van der Waals surface area contributed by atoms with Crippen molar-refractivity contribution in [3.63, 3.8) is 0 Å². The van der Waals surface area contributed by atoms with Crippen LogP contribution in [-0.4, -0.2) is 23.1 Å². The third-order valence-corrected chi connectivity index (χ3v) is 2.85. The maximum absolute atomic E-state index is 13.5. The molecule has 0 atom stereocenters. The summed E-state index contributed by atoms with van der Waals surface area (Å²) < 4.78 is 18.4. The van der Waals surface area contributed by atoms with Crippen LogP contribution in [0.15, 0.2) is 42.5 Å². The van der Waals surface area contributed by atoms with Crippen LogP contribution < -0.4 is 4.74 Å². The zero-order valence-electron chi connectivity index (χ0n) is 11.2. The van der Waals surface area contributed by atoms with Gasteiger partial charge < -0.3 is 14.9 Å². The van der Waals surface area contributed by atoms with Crippen LogP contribution in [0.5, 0.6) is 17.2 Å². The van der Waals surface area contributed by atoms with E-state index in [1.54, 1.807) is 12.1 Å². The van der Waals surface area contributed by atoms with Crippen molar-refractivity contribution in [2.75, 3.05) is 7.11 Å². The molecule has 5 heteroatoms. The fraction of sp³-hybridized carbons (Fsp3) is 0.0625. The lowest BCUT2D eigenvalue weighted by molar-refractivity contribution is 0.104. The molecule has 0 fully saturated rings. The summed E-state index contributed by atoms with van der Waals surface area (Å²) in [5.74, 6) is -1.61. The van der Waals surface area contributed by atoms with Crippen molar-refractivity contribution in [2.24, 2.45) is 0 Å². The second-order valence-corrected chi connectivity index (χ2v) is 4.26. The Morgan fingerprint density at radius 2 is 1.95 bits per heavy atom. The molecule has 0 amide bonds. The number of hydrogen-bond acceptors (Lipinski definition) is 4. The van der Waals surface area contributed by atoms with Gasteiger partial charge in [-0.2, -0.15) is 0 Å². The molecule has 0 radical (unpaired) electrons. The first-order valence-electron chi connectivity index (χ1n) is 6.10. The molecule has 2 N–H and O–H groups in total. The van der Waals surface area contributed by atoms with E-state index in [0.29, 0.717) is 0 Å². The molecule has 0 aromatic heterocycles. The van der Waals surface area contributed by atoms with Gasteiger partial charge in [0.25, 0.3) is 0 Å². The molecule has 0 aliphatic carbocycles. The molecule has 0 aliphatic heterocycles. The Morgan fingerprint density at radius 1 is 1.24 bits per heavy atom. The lowest BCUT2D eigenvalue weighted by Crippen LogP contribution is -1.99. The minimum absolute atomic E-state index is 0.0377. The van der Waals surface area contributed by atoms with E-state index in [0.717, 1.165) is 12.1 Å². The van der Waals surface area contributed by atoms with Gasteiger partial charge in [0, 0.05) is 17.7 Å². The van der Waals surface area contributed by atoms with Crippen LogP contribution in [0.3, 0.4) is 0 Å². The highest BCUT2D eigenvalue weighted by atomic mass is 19.1. The molecule has 2 rings (SSSR count). The smallest absolute Gasteiger partial charge is 0.193 e. The maximum atomic E-state index is 13.5. The Hall–Kier alpha value is -2.82. The van der Waals surface area contributed by atoms with Crippen LogP contribution in [0.1, 0.15) is 15.9 Å². The van der Waals surface area contributed by atoms with E-state index < -0.39 is 17.3 Å². The Balaban J connectivity index is 2.35. The van der Waals surface area contributed by atoms with Crippen LogP contribution in [0.25, 0.3) is 6.08 Å². The van der Waals surface area contributed by atoms with Gasteiger partial charge in [0.2, 0.25) is 0 Å². The number of ketones is 1. The lowest BCUT2D eigenvalue weighted by atomic mass is 10.1. The van der Waals surface area contributed by atoms with E-state index in [1.165, 1.54) is 31.4 Å². The number of carbonyl (C=O) groups excluding carboxylic acids is 1. The van der Waals surface area contributed by atoms with Crippen LogP contribution in [0.2, 0.25) is 0 Å². The first kappa shape index (κ1) is 14.6. The summed E-state index contributed by atoms with van der Waals surface area (Å²) in [5.41, 5.74) is 0.158. The average molecular weight is 288 g/mol. The van der Waals surface area contributed by atoms with Crippen LogP contribution >= 0.6 is 0 Å². The van der Waals surface area contributed by atoms with Crippen molar-refractivity contribution in [2.45, 2.75) is 0 Å². The van der Waals surface area contributed by atoms with Gasteiger partial charge >= 0.3 is 0 Å². The number of phenolic OH excluding ortho intramolecular Hbond substituents is 2. The number of halogens is 1. The van der Waals surface area contributed by atoms with Gasteiger partial charge in [-0.25, -0.2) is 4.39 Å². The molecule has 0 saturated heterocycles. The summed E-state index contributed by atoms with van der Waals surface area (Å²) in [6, 6.07) is 8.24. The van der Waals surface area contributed by atoms with E-state index in [2.05, 4.69) is 0 Å². The molecule has 0 bridgehead atoms. The molecule has 4 nitrogen and oxygen atoms in total. The summed E-state index contributed by atoms with van der Waals surface area (Å²) >= 11 is 0. The normalized spacial score (nSPS) is 10.8. The summed E-state index contributed by atoms with van der Waals surface area (Å²) in [5, 5.41) is 19.1. The Bertz CT molecular complexity index is 707. The molecule has 0 aliphatic rings. The zero-order valence-corrected chi connectivity index (χ0v) is 11.2. The first-order chi connectivity index (χ1) is 10.0. The number of benzene rings is 2. The molecule has 0 saturated carbocycles. The van der Waals surface area contributed by atoms with Crippen molar-refractivity contribution in [3.8, 4) is 17.2 Å². The van der Waals surface area contributed by atoms with Gasteiger partial charge in [-0.05, 0) is 18.2 Å². The summed E-state index contributed by atoms with van der Waals surface area (Å²) in [7, 11) is 1.31. The predicted octanol–water partition coefficient (Wildman–Crippen LogP) is 3.14. The fourth-order valence-corrected chi connectivity index (χ4v) is 1.85. The fourth-order valence-electron chi connectivity index (χ4n) is 1.85. The molecule has 2 aromatic rings. The van der Waals surface area contributed by atoms with E-state index >= 15 is 0 Å². The Kier molecular flexibility index (Phi) is 4.23. The van der Waals surface area contributed by atoms with Gasteiger partial charge in [-0.3, -0.25) is 4.79 Å². The topological polar surface area (TPSA) is 66.8 Å². The summed E-state index contributed by atoms with van der Waals surface area (Å²) in [6.45, 7) is 0. The van der Waals surface area contributed by atoms with Crippen molar-refractivity contribution < 1.29 is 24.1 Å². The number of allylic oxidation sites excluding steroid dienone is 1. The van der Waals surface area contributed by atoms with Crippen molar-refractivity contribution in [1.82, 2.24) is 0 Å². The second kappa shape index (κ2) is 6.09. The van der Waals surface area contributed by atoms with Crippen molar-refractivity contribution in [1.29, 1.82) is 0 Å². The van der Waals surface area contributed by atoms with Crippen LogP contribution in [0, 0.1) is 5.82 Å². The van der Waals surface area contributed by atoms with Crippen molar-refractivity contribution in [3.05, 3.63) is 59.4 Å². The third kappa shape index (κ3) is 3.20. The highest BCUT2D eigenvalue weighted by Crippen LogP contribution is 2.33. The first-order valence-corrected chi connectivity index (χ1v) is 6.10. The number of aromatic hydroxyl groups is 2. The standard InChI is InChI=1S/C16H13FO4/c1-21-15-9-11(18)8-14(20)16(15)13(19)7-6-10-4-2-3-5-12(10)17/h2-9,18,20H,1H3. The van der Waals surface area contributed by atoms with Gasteiger partial charge in [-0.15, -0.1) is 0 Å². The summed E-state index contributed by atoms with van der Waals surface area (Å²) in [4.78, 5) is 12.1. The van der Waals surface area contributed by atoms with E-state index in [9.17, 15) is 19.4 Å². The monoisotopic (exact) mass is 288 g/mol. The quantitative estimate of drug-likeness (QED) is 0.670. The number of methoxy groups -OCH3 is 1. The number of rotatable bonds is 4. The molecule has 0 spiro atoms. The van der Waals surface area contributed by atoms with E-state index in [-0.39, 0.29) is 22.6 Å². The van der Waals surface area contributed by atoms with E-state index in [1.807, 2.05) is 0 Å². The number of carbonyl (C=O) groups is 1. The SMILES string of the molecule is COc1cc(O)cc(O)c1C(=O)C=Cc1ccccc1F. The molecule has 21 heavy (non-hydrogen) atoms. The highest BCUT2D eigenvalue weighted by molar-refractivity contribution is 6.10. The molecule has 108 valence electrons. The predicted molar refractivity (Wildman–Crippen MR) is 76.1 cm³/mol. The minimum Gasteiger partial charge on any atom is -0.508 e. The lowest BCUT2D eigenvalue weighted by Gasteiger charge is -2.08. The van der Waals surface area contributed by atoms with Gasteiger partial charge in [0.1, 0.15) is 28.6 Å². The van der Waals surface area contributed by atoms with E-state index in [4.69, 9.17) is 4.74 Å². The molecule has 2 aromatic carbocycles.